The summed E-state index contributed by atoms with van der Waals surface area (Å²) in [6.07, 6.45) is 3.09. The third-order valence-electron chi connectivity index (χ3n) is 5.31. The highest BCUT2D eigenvalue weighted by atomic mass is 16.5. The van der Waals surface area contributed by atoms with Crippen molar-refractivity contribution < 1.29 is 19.0 Å². The van der Waals surface area contributed by atoms with E-state index in [1.807, 2.05) is 12.1 Å². The lowest BCUT2D eigenvalue weighted by Crippen LogP contribution is -2.54. The Morgan fingerprint density at radius 2 is 1.93 bits per heavy atom. The van der Waals surface area contributed by atoms with Crippen molar-refractivity contribution in [1.82, 2.24) is 15.6 Å². The summed E-state index contributed by atoms with van der Waals surface area (Å²) in [5.74, 6) is 1.54. The van der Waals surface area contributed by atoms with Gasteiger partial charge in [0.1, 0.15) is 17.1 Å². The Morgan fingerprint density at radius 1 is 1.15 bits per heavy atom. The van der Waals surface area contributed by atoms with E-state index >= 15 is 0 Å². The third kappa shape index (κ3) is 4.20. The minimum atomic E-state index is -0.684. The normalized spacial score (nSPS) is 16.3. The van der Waals surface area contributed by atoms with Crippen molar-refractivity contribution in [2.45, 2.75) is 31.3 Å². The molecule has 1 saturated heterocycles. The number of amides is 1. The van der Waals surface area contributed by atoms with Crippen LogP contribution in [-0.4, -0.2) is 57.5 Å². The van der Waals surface area contributed by atoms with Gasteiger partial charge in [-0.15, -0.1) is 0 Å². The van der Waals surface area contributed by atoms with Crippen molar-refractivity contribution >= 4 is 16.8 Å². The van der Waals surface area contributed by atoms with Crippen LogP contribution in [0.25, 0.3) is 10.9 Å². The van der Waals surface area contributed by atoms with E-state index in [0.29, 0.717) is 19.4 Å². The molecule has 0 bridgehead atoms. The first-order valence-electron chi connectivity index (χ1n) is 9.39. The average molecular weight is 375 g/mol. The van der Waals surface area contributed by atoms with E-state index < -0.39 is 5.60 Å². The van der Waals surface area contributed by atoms with Crippen molar-refractivity contribution in [3.05, 3.63) is 23.9 Å². The summed E-state index contributed by atoms with van der Waals surface area (Å²) in [5.41, 5.74) is 1.41. The third-order valence-corrected chi connectivity index (χ3v) is 5.31. The summed E-state index contributed by atoms with van der Waals surface area (Å²) in [6.45, 7) is 2.23. The average Bonchev–Trinajstić information content (AvgIpc) is 3.13. The van der Waals surface area contributed by atoms with Crippen LogP contribution < -0.4 is 20.1 Å². The lowest BCUT2D eigenvalue weighted by atomic mass is 9.91. The van der Waals surface area contributed by atoms with Gasteiger partial charge in [0.05, 0.1) is 19.7 Å². The van der Waals surface area contributed by atoms with Crippen LogP contribution >= 0.6 is 0 Å². The number of methoxy groups -OCH3 is 3. The fourth-order valence-corrected chi connectivity index (χ4v) is 3.65. The zero-order valence-corrected chi connectivity index (χ0v) is 16.3. The molecule has 1 fully saturated rings. The summed E-state index contributed by atoms with van der Waals surface area (Å²) in [5, 5.41) is 7.34. The number of ether oxygens (including phenoxy) is 3. The van der Waals surface area contributed by atoms with Gasteiger partial charge in [-0.05, 0) is 44.8 Å². The van der Waals surface area contributed by atoms with E-state index in [0.717, 1.165) is 54.0 Å². The molecule has 0 aliphatic carbocycles. The first kappa shape index (κ1) is 19.5. The zero-order valence-electron chi connectivity index (χ0n) is 16.3. The fraction of sp³-hybridized carbons (Fsp3) is 0.550. The predicted molar refractivity (Wildman–Crippen MR) is 105 cm³/mol. The molecule has 1 amide bonds. The molecule has 1 aromatic heterocycles. The minimum absolute atomic E-state index is 0.00504. The number of hydrogen-bond donors (Lipinski definition) is 3. The summed E-state index contributed by atoms with van der Waals surface area (Å²) in [6, 6.07) is 5.94. The van der Waals surface area contributed by atoms with E-state index in [9.17, 15) is 4.79 Å². The maximum Gasteiger partial charge on any atom is 0.252 e. The Morgan fingerprint density at radius 3 is 2.59 bits per heavy atom. The van der Waals surface area contributed by atoms with Crippen molar-refractivity contribution in [2.75, 3.05) is 41.0 Å². The number of aromatic amines is 1. The number of H-pyrrole nitrogens is 1. The molecule has 2 heterocycles. The van der Waals surface area contributed by atoms with Crippen LogP contribution in [0.2, 0.25) is 0 Å². The molecule has 2 aromatic rings. The molecule has 27 heavy (non-hydrogen) atoms. The van der Waals surface area contributed by atoms with Gasteiger partial charge in [-0.1, -0.05) is 0 Å². The second-order valence-corrected chi connectivity index (χ2v) is 6.89. The number of rotatable bonds is 8. The number of carbonyl (C=O) groups is 1. The van der Waals surface area contributed by atoms with Crippen molar-refractivity contribution in [1.29, 1.82) is 0 Å². The Balaban J connectivity index is 1.56. The number of piperidine rings is 1. The van der Waals surface area contributed by atoms with Crippen LogP contribution in [0.5, 0.6) is 11.5 Å². The van der Waals surface area contributed by atoms with Gasteiger partial charge in [0, 0.05) is 36.9 Å². The van der Waals surface area contributed by atoms with E-state index in [2.05, 4.69) is 21.7 Å². The van der Waals surface area contributed by atoms with Crippen molar-refractivity contribution in [3.8, 4) is 11.5 Å². The standard InChI is InChI=1S/C20H29N3O4/c1-25-15-12-17-16(18(13-15)26-2)11-14(23-17)5-4-8-22-19(24)20(27-3)6-9-21-10-7-20/h11-13,21,23H,4-10H2,1-3H3,(H,22,24). The van der Waals surface area contributed by atoms with E-state index in [1.165, 1.54) is 0 Å². The SMILES string of the molecule is COc1cc(OC)c2cc(CCCNC(=O)C3(OC)CCNCC3)[nH]c2c1. The molecule has 1 aliphatic rings. The first-order chi connectivity index (χ1) is 13.1. The number of fused-ring (bicyclic) bond motifs is 1. The van der Waals surface area contributed by atoms with E-state index in [4.69, 9.17) is 14.2 Å². The van der Waals surface area contributed by atoms with E-state index in [-0.39, 0.29) is 5.91 Å². The Bertz CT molecular complexity index is 781. The number of benzene rings is 1. The number of aromatic nitrogens is 1. The monoisotopic (exact) mass is 375 g/mol. The Labute approximate surface area is 159 Å². The molecule has 1 aromatic carbocycles. The quantitative estimate of drug-likeness (QED) is 0.615. The van der Waals surface area contributed by atoms with Crippen LogP contribution in [0, 0.1) is 0 Å². The fourth-order valence-electron chi connectivity index (χ4n) is 3.65. The van der Waals surface area contributed by atoms with Crippen LogP contribution in [0.3, 0.4) is 0 Å². The van der Waals surface area contributed by atoms with Crippen LogP contribution in [-0.2, 0) is 16.0 Å². The highest BCUT2D eigenvalue weighted by molar-refractivity contribution is 5.88. The summed E-state index contributed by atoms with van der Waals surface area (Å²) in [4.78, 5) is 16.0. The van der Waals surface area contributed by atoms with Gasteiger partial charge in [0.15, 0.2) is 0 Å². The van der Waals surface area contributed by atoms with Crippen molar-refractivity contribution in [3.63, 3.8) is 0 Å². The lowest BCUT2D eigenvalue weighted by molar-refractivity contribution is -0.146. The van der Waals surface area contributed by atoms with Crippen LogP contribution in [0.1, 0.15) is 25.0 Å². The van der Waals surface area contributed by atoms with Crippen LogP contribution in [0.15, 0.2) is 18.2 Å². The number of carbonyl (C=O) groups excluding carboxylic acids is 1. The molecule has 3 rings (SSSR count). The summed E-state index contributed by atoms with van der Waals surface area (Å²) in [7, 11) is 4.92. The van der Waals surface area contributed by atoms with Gasteiger partial charge in [-0.3, -0.25) is 4.79 Å². The zero-order chi connectivity index (χ0) is 19.3. The maximum absolute atomic E-state index is 12.6. The van der Waals surface area contributed by atoms with E-state index in [1.54, 1.807) is 21.3 Å². The lowest BCUT2D eigenvalue weighted by Gasteiger charge is -2.34. The maximum atomic E-state index is 12.6. The topological polar surface area (TPSA) is 84.6 Å². The first-order valence-corrected chi connectivity index (χ1v) is 9.39. The molecule has 3 N–H and O–H groups in total. The predicted octanol–water partition coefficient (Wildman–Crippen LogP) is 2.00. The van der Waals surface area contributed by atoms with Crippen LogP contribution in [0.4, 0.5) is 0 Å². The van der Waals surface area contributed by atoms with Gasteiger partial charge in [0.2, 0.25) is 0 Å². The highest BCUT2D eigenvalue weighted by Gasteiger charge is 2.39. The largest absolute Gasteiger partial charge is 0.497 e. The second-order valence-electron chi connectivity index (χ2n) is 6.89. The second kappa shape index (κ2) is 8.63. The molecular formula is C20H29N3O4. The summed E-state index contributed by atoms with van der Waals surface area (Å²) < 4.78 is 16.3. The van der Waals surface area contributed by atoms with Gasteiger partial charge >= 0.3 is 0 Å². The number of nitrogens with one attached hydrogen (secondary N) is 3. The van der Waals surface area contributed by atoms with Gasteiger partial charge < -0.3 is 29.8 Å². The molecule has 0 radical (unpaired) electrons. The van der Waals surface area contributed by atoms with Crippen molar-refractivity contribution in [2.24, 2.45) is 0 Å². The number of aryl methyl sites for hydroxylation is 1. The van der Waals surface area contributed by atoms with Gasteiger partial charge in [-0.25, -0.2) is 0 Å². The van der Waals surface area contributed by atoms with Gasteiger partial charge in [-0.2, -0.15) is 0 Å². The molecule has 0 spiro atoms. The molecule has 0 unspecified atom stereocenters. The molecular weight excluding hydrogens is 346 g/mol. The molecule has 1 aliphatic heterocycles. The Hall–Kier alpha value is -2.25. The molecule has 0 atom stereocenters. The molecule has 148 valence electrons. The van der Waals surface area contributed by atoms with Gasteiger partial charge in [0.25, 0.3) is 5.91 Å². The number of hydrogen-bond acceptors (Lipinski definition) is 5. The Kier molecular flexibility index (Phi) is 6.23. The summed E-state index contributed by atoms with van der Waals surface area (Å²) >= 11 is 0. The molecule has 7 nitrogen and oxygen atoms in total. The molecule has 7 heteroatoms. The smallest absolute Gasteiger partial charge is 0.252 e. The molecule has 0 saturated carbocycles. The highest BCUT2D eigenvalue weighted by Crippen LogP contribution is 2.31. The minimum Gasteiger partial charge on any atom is -0.497 e.